The van der Waals surface area contributed by atoms with Crippen molar-refractivity contribution in [2.75, 3.05) is 29.8 Å². The smallest absolute Gasteiger partial charge is 0.283 e. The number of aryl methyl sites for hydroxylation is 1. The highest BCUT2D eigenvalue weighted by atomic mass is 35.5. The molecule has 0 aromatic heterocycles. The minimum Gasteiger partial charge on any atom is -0.497 e. The molecule has 0 fully saturated rings. The average molecular weight is 526 g/mol. The molecule has 0 bridgehead atoms. The Kier molecular flexibility index (Phi) is 7.19. The molecule has 1 heterocycles. The number of methoxy groups -OCH3 is 2. The largest absolute Gasteiger partial charge is 0.497 e. The highest BCUT2D eigenvalue weighted by Crippen LogP contribution is 2.34. The van der Waals surface area contributed by atoms with Crippen molar-refractivity contribution in [3.63, 3.8) is 0 Å². The summed E-state index contributed by atoms with van der Waals surface area (Å²) in [4.78, 5) is 39.9. The van der Waals surface area contributed by atoms with Crippen molar-refractivity contribution >= 4 is 58.0 Å². The molecule has 3 amide bonds. The summed E-state index contributed by atoms with van der Waals surface area (Å²) in [5, 5.41) is 5.78. The summed E-state index contributed by atoms with van der Waals surface area (Å²) in [6, 6.07) is 16.3. The lowest BCUT2D eigenvalue weighted by Gasteiger charge is -2.18. The van der Waals surface area contributed by atoms with Gasteiger partial charge in [0.1, 0.15) is 22.2 Å². The summed E-state index contributed by atoms with van der Waals surface area (Å²) in [5.74, 6) is -0.719. The number of carbonyl (C=O) groups excluding carboxylic acids is 3. The van der Waals surface area contributed by atoms with Crippen molar-refractivity contribution in [2.45, 2.75) is 6.92 Å². The first-order chi connectivity index (χ1) is 17.2. The quantitative estimate of drug-likeness (QED) is 0.403. The fourth-order valence-electron chi connectivity index (χ4n) is 3.64. The number of nitrogens with zero attached hydrogens (tertiary/aromatic N) is 1. The molecule has 3 aromatic rings. The van der Waals surface area contributed by atoms with Gasteiger partial charge in [-0.25, -0.2) is 4.90 Å². The molecule has 0 spiro atoms. The van der Waals surface area contributed by atoms with E-state index in [1.807, 2.05) is 0 Å². The monoisotopic (exact) mass is 525 g/mol. The summed E-state index contributed by atoms with van der Waals surface area (Å²) < 4.78 is 10.5. The number of nitrogens with one attached hydrogen (secondary N) is 2. The Bertz CT molecular complexity index is 1420. The molecule has 3 aromatic carbocycles. The molecule has 0 atom stereocenters. The van der Waals surface area contributed by atoms with E-state index >= 15 is 0 Å². The minimum absolute atomic E-state index is 0.104. The highest BCUT2D eigenvalue weighted by molar-refractivity contribution is 6.53. The predicted molar refractivity (Wildman–Crippen MR) is 139 cm³/mol. The molecule has 2 N–H and O–H groups in total. The first-order valence-electron chi connectivity index (χ1n) is 10.7. The Morgan fingerprint density at radius 1 is 0.917 bits per heavy atom. The van der Waals surface area contributed by atoms with E-state index in [0.717, 1.165) is 4.90 Å². The van der Waals surface area contributed by atoms with Crippen LogP contribution in [0.4, 0.5) is 17.1 Å². The van der Waals surface area contributed by atoms with Crippen LogP contribution in [0.1, 0.15) is 15.9 Å². The average Bonchev–Trinajstić information content (AvgIpc) is 3.08. The zero-order chi connectivity index (χ0) is 26.0. The van der Waals surface area contributed by atoms with Gasteiger partial charge in [0.05, 0.1) is 25.6 Å². The normalized spacial score (nSPS) is 13.2. The molecule has 0 saturated heterocycles. The van der Waals surface area contributed by atoms with Crippen LogP contribution in [0.25, 0.3) is 0 Å². The van der Waals surface area contributed by atoms with E-state index in [9.17, 15) is 14.4 Å². The zero-order valence-corrected chi connectivity index (χ0v) is 21.0. The van der Waals surface area contributed by atoms with E-state index in [1.54, 1.807) is 55.5 Å². The summed E-state index contributed by atoms with van der Waals surface area (Å²) in [6.07, 6.45) is 0. The van der Waals surface area contributed by atoms with Crippen molar-refractivity contribution in [3.8, 4) is 11.5 Å². The van der Waals surface area contributed by atoms with Gasteiger partial charge in [-0.05, 0) is 55.0 Å². The number of carbonyl (C=O) groups is 3. The number of anilines is 3. The van der Waals surface area contributed by atoms with Gasteiger partial charge < -0.3 is 20.1 Å². The molecule has 36 heavy (non-hydrogen) atoms. The molecule has 1 aliphatic rings. The lowest BCUT2D eigenvalue weighted by atomic mass is 10.1. The van der Waals surface area contributed by atoms with Crippen LogP contribution in [0.15, 0.2) is 71.4 Å². The fraction of sp³-hybridized carbons (Fsp3) is 0.115. The lowest BCUT2D eigenvalue weighted by molar-refractivity contribution is -0.120. The first kappa shape index (κ1) is 25.1. The standard InChI is InChI=1S/C26H21Cl2N3O5/c1-14-7-8-16(27)12-20(14)31-25(33)22(28)23(26(31)34)29-17-6-4-5-15(11-17)24(32)30-19-13-18(35-2)9-10-21(19)36-3/h4-13,29H,1-3H3,(H,30,32). The van der Waals surface area contributed by atoms with Crippen LogP contribution in [0, 0.1) is 6.92 Å². The van der Waals surface area contributed by atoms with Crippen LogP contribution in [0.5, 0.6) is 11.5 Å². The molecular formula is C26H21Cl2N3O5. The van der Waals surface area contributed by atoms with Crippen molar-refractivity contribution < 1.29 is 23.9 Å². The van der Waals surface area contributed by atoms with Crippen LogP contribution in [-0.2, 0) is 9.59 Å². The Balaban J connectivity index is 1.57. The zero-order valence-electron chi connectivity index (χ0n) is 19.5. The van der Waals surface area contributed by atoms with Crippen LogP contribution < -0.4 is 25.0 Å². The number of imide groups is 1. The van der Waals surface area contributed by atoms with E-state index in [4.69, 9.17) is 32.7 Å². The topological polar surface area (TPSA) is 97.0 Å². The summed E-state index contributed by atoms with van der Waals surface area (Å²) in [5.41, 5.74) is 2.02. The maximum absolute atomic E-state index is 13.1. The van der Waals surface area contributed by atoms with Gasteiger partial charge in [0.2, 0.25) is 0 Å². The van der Waals surface area contributed by atoms with E-state index in [2.05, 4.69) is 10.6 Å². The van der Waals surface area contributed by atoms with Gasteiger partial charge in [0.15, 0.2) is 0 Å². The number of halogens is 2. The highest BCUT2D eigenvalue weighted by Gasteiger charge is 2.39. The fourth-order valence-corrected chi connectivity index (χ4v) is 4.02. The summed E-state index contributed by atoms with van der Waals surface area (Å²) >= 11 is 12.3. The number of hydrogen-bond donors (Lipinski definition) is 2. The maximum atomic E-state index is 13.1. The van der Waals surface area contributed by atoms with Crippen molar-refractivity contribution in [3.05, 3.63) is 87.5 Å². The molecule has 8 nitrogen and oxygen atoms in total. The van der Waals surface area contributed by atoms with Crippen LogP contribution >= 0.6 is 23.2 Å². The number of benzene rings is 3. The third-order valence-electron chi connectivity index (χ3n) is 5.49. The van der Waals surface area contributed by atoms with E-state index < -0.39 is 17.7 Å². The number of rotatable bonds is 7. The third kappa shape index (κ3) is 4.86. The maximum Gasteiger partial charge on any atom is 0.283 e. The number of hydrogen-bond acceptors (Lipinski definition) is 6. The molecule has 0 saturated carbocycles. The van der Waals surface area contributed by atoms with Gasteiger partial charge in [-0.2, -0.15) is 0 Å². The molecule has 10 heteroatoms. The Morgan fingerprint density at radius 2 is 1.69 bits per heavy atom. The van der Waals surface area contributed by atoms with Crippen LogP contribution in [0.3, 0.4) is 0 Å². The van der Waals surface area contributed by atoms with Crippen molar-refractivity contribution in [1.82, 2.24) is 0 Å². The number of ether oxygens (including phenoxy) is 2. The van der Waals surface area contributed by atoms with Crippen LogP contribution in [-0.4, -0.2) is 31.9 Å². The van der Waals surface area contributed by atoms with Crippen LogP contribution in [0.2, 0.25) is 5.02 Å². The molecule has 0 aliphatic carbocycles. The van der Waals surface area contributed by atoms with Crippen molar-refractivity contribution in [2.24, 2.45) is 0 Å². The molecule has 1 aliphatic heterocycles. The van der Waals surface area contributed by atoms with Gasteiger partial charge in [0, 0.05) is 22.3 Å². The lowest BCUT2D eigenvalue weighted by Crippen LogP contribution is -2.32. The summed E-state index contributed by atoms with van der Waals surface area (Å²) in [6.45, 7) is 1.75. The minimum atomic E-state index is -0.673. The van der Waals surface area contributed by atoms with E-state index in [1.165, 1.54) is 26.4 Å². The predicted octanol–water partition coefficient (Wildman–Crippen LogP) is 5.35. The first-order valence-corrected chi connectivity index (χ1v) is 11.4. The van der Waals surface area contributed by atoms with E-state index in [-0.39, 0.29) is 10.7 Å². The van der Waals surface area contributed by atoms with Gasteiger partial charge in [-0.15, -0.1) is 0 Å². The third-order valence-corrected chi connectivity index (χ3v) is 6.07. The van der Waals surface area contributed by atoms with E-state index in [0.29, 0.717) is 44.7 Å². The van der Waals surface area contributed by atoms with Gasteiger partial charge in [0.25, 0.3) is 17.7 Å². The molecule has 0 unspecified atom stereocenters. The molecule has 184 valence electrons. The van der Waals surface area contributed by atoms with Crippen molar-refractivity contribution in [1.29, 1.82) is 0 Å². The van der Waals surface area contributed by atoms with Gasteiger partial charge in [-0.3, -0.25) is 14.4 Å². The molecular weight excluding hydrogens is 505 g/mol. The SMILES string of the molecule is COc1ccc(OC)c(NC(=O)c2cccc(NC3=C(Cl)C(=O)N(c4cc(Cl)ccc4C)C3=O)c2)c1. The summed E-state index contributed by atoms with van der Waals surface area (Å²) in [7, 11) is 3.01. The molecule has 0 radical (unpaired) electrons. The molecule has 4 rings (SSSR count). The van der Waals surface area contributed by atoms with Gasteiger partial charge >= 0.3 is 0 Å². The second kappa shape index (κ2) is 10.3. The Morgan fingerprint density at radius 3 is 2.42 bits per heavy atom. The Labute approximate surface area is 217 Å². The second-order valence-electron chi connectivity index (χ2n) is 7.79. The van der Waals surface area contributed by atoms with Gasteiger partial charge in [-0.1, -0.05) is 35.3 Å². The Hall–Kier alpha value is -4.01. The number of amides is 3. The second-order valence-corrected chi connectivity index (χ2v) is 8.61.